The maximum Gasteiger partial charge on any atom is 0.407 e. The Balaban J connectivity index is 1.07. The van der Waals surface area contributed by atoms with Gasteiger partial charge in [-0.15, -0.1) is 0 Å². The number of rotatable bonds is 9. The molecule has 2 fully saturated rings. The Hall–Kier alpha value is -5.01. The number of aromatic amines is 1. The highest BCUT2D eigenvalue weighted by atomic mass is 32.2. The van der Waals surface area contributed by atoms with Gasteiger partial charge in [0.2, 0.25) is 5.91 Å². The largest absolute Gasteiger partial charge is 0.453 e. The summed E-state index contributed by atoms with van der Waals surface area (Å²) < 4.78 is 28.0. The van der Waals surface area contributed by atoms with E-state index in [9.17, 15) is 22.8 Å². The third-order valence-electron chi connectivity index (χ3n) is 9.05. The van der Waals surface area contributed by atoms with Crippen LogP contribution in [-0.2, 0) is 25.9 Å². The van der Waals surface area contributed by atoms with Crippen molar-refractivity contribution in [2.24, 2.45) is 0 Å². The summed E-state index contributed by atoms with van der Waals surface area (Å²) in [6.45, 7) is 3.96. The molecule has 13 heteroatoms. The minimum Gasteiger partial charge on any atom is -0.453 e. The Labute approximate surface area is 285 Å². The maximum absolute atomic E-state index is 13.1. The van der Waals surface area contributed by atoms with Crippen molar-refractivity contribution in [2.45, 2.75) is 38.4 Å². The molecular formula is C36H40N6O6S. The van der Waals surface area contributed by atoms with Gasteiger partial charge in [0.05, 0.1) is 36.5 Å². The molecule has 3 heterocycles. The molecule has 12 nitrogen and oxygen atoms in total. The van der Waals surface area contributed by atoms with Gasteiger partial charge < -0.3 is 25.3 Å². The normalized spacial score (nSPS) is 18.1. The molecule has 2 atom stereocenters. The van der Waals surface area contributed by atoms with Gasteiger partial charge in [-0.25, -0.2) is 18.2 Å². The number of sulfone groups is 1. The second-order valence-corrected chi connectivity index (χ2v) is 14.8. The minimum atomic E-state index is -2.91. The summed E-state index contributed by atoms with van der Waals surface area (Å²) in [6.07, 6.45) is 2.72. The van der Waals surface area contributed by atoms with Gasteiger partial charge in [0.15, 0.2) is 9.84 Å². The van der Waals surface area contributed by atoms with E-state index in [1.54, 1.807) is 24.1 Å². The van der Waals surface area contributed by atoms with E-state index in [0.29, 0.717) is 43.3 Å². The summed E-state index contributed by atoms with van der Waals surface area (Å²) in [5.74, 6) is 0.685. The van der Waals surface area contributed by atoms with E-state index in [1.807, 2.05) is 66.7 Å². The number of carbonyl (C=O) groups is 3. The molecule has 1 aromatic heterocycles. The van der Waals surface area contributed by atoms with Gasteiger partial charge in [-0.1, -0.05) is 48.5 Å². The first-order chi connectivity index (χ1) is 23.6. The minimum absolute atomic E-state index is 0.185. The van der Waals surface area contributed by atoms with Crippen molar-refractivity contribution in [1.82, 2.24) is 25.1 Å². The standard InChI is InChI=1S/C36H40N6O6S/c1-24(38-36(45)48-2)35(44)42-16-4-7-32(42)33-37-22-31(40-33)27-12-10-26(11-13-27)28-5-3-6-29(21-28)34(43)39-30-14-8-25(9-15-30)23-41-17-19-49(46,47)20-18-41/h3,5-6,8-15,21-22,24,32H,4,7,16-20,23H2,1-2H3,(H,37,40)(H,38,45)(H,39,43)/t24-,32-/m0/s1. The van der Waals surface area contributed by atoms with Gasteiger partial charge in [-0.05, 0) is 66.3 Å². The summed E-state index contributed by atoms with van der Waals surface area (Å²) in [4.78, 5) is 49.6. The van der Waals surface area contributed by atoms with E-state index in [1.165, 1.54) is 7.11 Å². The first kappa shape index (κ1) is 33.9. The van der Waals surface area contributed by atoms with Crippen LogP contribution >= 0.6 is 0 Å². The molecule has 2 aliphatic rings. The highest BCUT2D eigenvalue weighted by molar-refractivity contribution is 7.91. The predicted molar refractivity (Wildman–Crippen MR) is 186 cm³/mol. The Kier molecular flexibility index (Phi) is 10.1. The number of H-pyrrole nitrogens is 1. The molecule has 3 aromatic carbocycles. The average Bonchev–Trinajstić information content (AvgIpc) is 3.80. The van der Waals surface area contributed by atoms with E-state index >= 15 is 0 Å². The van der Waals surface area contributed by atoms with Crippen LogP contribution in [0.3, 0.4) is 0 Å². The Morgan fingerprint density at radius 2 is 1.67 bits per heavy atom. The lowest BCUT2D eigenvalue weighted by molar-refractivity contribution is -0.134. The van der Waals surface area contributed by atoms with Crippen molar-refractivity contribution in [2.75, 3.05) is 43.6 Å². The number of amides is 3. The van der Waals surface area contributed by atoms with Crippen LogP contribution in [0, 0.1) is 0 Å². The van der Waals surface area contributed by atoms with Crippen LogP contribution in [0.2, 0.25) is 0 Å². The van der Waals surface area contributed by atoms with E-state index < -0.39 is 22.0 Å². The molecule has 49 heavy (non-hydrogen) atoms. The summed E-state index contributed by atoms with van der Waals surface area (Å²) in [5.41, 5.74) is 5.88. The van der Waals surface area contributed by atoms with E-state index in [4.69, 9.17) is 0 Å². The molecule has 0 bridgehead atoms. The van der Waals surface area contributed by atoms with Crippen molar-refractivity contribution in [1.29, 1.82) is 0 Å². The third-order valence-corrected chi connectivity index (χ3v) is 10.7. The van der Waals surface area contributed by atoms with Crippen LogP contribution in [-0.4, -0.2) is 90.4 Å². The van der Waals surface area contributed by atoms with E-state index in [-0.39, 0.29) is 29.4 Å². The first-order valence-electron chi connectivity index (χ1n) is 16.3. The quantitative estimate of drug-likeness (QED) is 0.231. The number of likely N-dealkylation sites (tertiary alicyclic amines) is 1. The fourth-order valence-corrected chi connectivity index (χ4v) is 7.54. The molecule has 3 N–H and O–H groups in total. The lowest BCUT2D eigenvalue weighted by Gasteiger charge is -2.26. The number of anilines is 1. The predicted octanol–water partition coefficient (Wildman–Crippen LogP) is 4.63. The summed E-state index contributed by atoms with van der Waals surface area (Å²) >= 11 is 0. The highest BCUT2D eigenvalue weighted by Crippen LogP contribution is 2.32. The van der Waals surface area contributed by atoms with Gasteiger partial charge in [0.1, 0.15) is 11.9 Å². The van der Waals surface area contributed by atoms with Gasteiger partial charge in [-0.2, -0.15) is 0 Å². The van der Waals surface area contributed by atoms with Crippen LogP contribution in [0.15, 0.2) is 79.0 Å². The van der Waals surface area contributed by atoms with Gasteiger partial charge >= 0.3 is 6.09 Å². The highest BCUT2D eigenvalue weighted by Gasteiger charge is 2.34. The molecule has 4 aromatic rings. The molecule has 256 valence electrons. The molecule has 2 saturated heterocycles. The number of ether oxygens (including phenoxy) is 1. The number of benzene rings is 3. The fraction of sp³-hybridized carbons (Fsp3) is 0.333. The number of carbonyl (C=O) groups excluding carboxylic acids is 3. The molecule has 2 aliphatic heterocycles. The molecule has 0 unspecified atom stereocenters. The number of nitrogens with one attached hydrogen (secondary N) is 3. The number of hydrogen-bond acceptors (Lipinski definition) is 8. The lowest BCUT2D eigenvalue weighted by atomic mass is 10.0. The first-order valence-corrected chi connectivity index (χ1v) is 18.1. The number of aromatic nitrogens is 2. The van der Waals surface area contributed by atoms with Gasteiger partial charge in [0.25, 0.3) is 5.91 Å². The summed E-state index contributed by atoms with van der Waals surface area (Å²) in [5, 5.41) is 5.51. The summed E-state index contributed by atoms with van der Waals surface area (Å²) in [6, 6.07) is 22.1. The number of methoxy groups -OCH3 is 1. The zero-order valence-electron chi connectivity index (χ0n) is 27.5. The molecule has 0 aliphatic carbocycles. The molecular weight excluding hydrogens is 644 g/mol. The van der Waals surface area contributed by atoms with Crippen LogP contribution in [0.5, 0.6) is 0 Å². The van der Waals surface area contributed by atoms with Crippen LogP contribution in [0.4, 0.5) is 10.5 Å². The molecule has 0 radical (unpaired) electrons. The second-order valence-electron chi connectivity index (χ2n) is 12.5. The van der Waals surface area contributed by atoms with Crippen molar-refractivity contribution in [3.05, 3.63) is 95.9 Å². The van der Waals surface area contributed by atoms with Crippen molar-refractivity contribution in [3.8, 4) is 22.4 Å². The van der Waals surface area contributed by atoms with E-state index in [2.05, 4.69) is 30.2 Å². The zero-order chi connectivity index (χ0) is 34.5. The number of nitrogens with zero attached hydrogens (tertiary/aromatic N) is 3. The van der Waals surface area contributed by atoms with Crippen LogP contribution in [0.25, 0.3) is 22.4 Å². The number of imidazole rings is 1. The topological polar surface area (TPSA) is 154 Å². The van der Waals surface area contributed by atoms with E-state index in [0.717, 1.165) is 40.8 Å². The Morgan fingerprint density at radius 1 is 0.959 bits per heavy atom. The second kappa shape index (κ2) is 14.6. The maximum atomic E-state index is 13.1. The van der Waals surface area contributed by atoms with Crippen LogP contribution in [0.1, 0.15) is 47.6 Å². The SMILES string of the molecule is COC(=O)N[C@@H](C)C(=O)N1CCC[C@H]1c1ncc(-c2ccc(-c3cccc(C(=O)Nc4ccc(CN5CCS(=O)(=O)CC5)cc4)c3)cc2)[nH]1. The van der Waals surface area contributed by atoms with Crippen molar-refractivity contribution >= 4 is 33.4 Å². The smallest absolute Gasteiger partial charge is 0.407 e. The van der Waals surface area contributed by atoms with Crippen molar-refractivity contribution < 1.29 is 27.5 Å². The zero-order valence-corrected chi connectivity index (χ0v) is 28.3. The average molecular weight is 685 g/mol. The Bertz CT molecular complexity index is 1910. The third kappa shape index (κ3) is 8.18. The monoisotopic (exact) mass is 684 g/mol. The van der Waals surface area contributed by atoms with Gasteiger partial charge in [-0.3, -0.25) is 14.5 Å². The fourth-order valence-electron chi connectivity index (χ4n) is 6.26. The van der Waals surface area contributed by atoms with Crippen LogP contribution < -0.4 is 10.6 Å². The molecule has 3 amide bonds. The Morgan fingerprint density at radius 3 is 2.39 bits per heavy atom. The number of hydrogen-bond donors (Lipinski definition) is 3. The number of alkyl carbamates (subject to hydrolysis) is 1. The molecule has 0 saturated carbocycles. The van der Waals surface area contributed by atoms with Crippen molar-refractivity contribution in [3.63, 3.8) is 0 Å². The molecule has 6 rings (SSSR count). The summed E-state index contributed by atoms with van der Waals surface area (Å²) in [7, 11) is -1.65. The molecule has 0 spiro atoms. The lowest BCUT2D eigenvalue weighted by Crippen LogP contribution is -2.46. The van der Waals surface area contributed by atoms with Gasteiger partial charge in [0, 0.05) is 37.4 Å².